The van der Waals surface area contributed by atoms with E-state index in [1.165, 1.54) is 65.9 Å². The van der Waals surface area contributed by atoms with Crippen LogP contribution in [0.5, 0.6) is 5.75 Å². The first-order valence-electron chi connectivity index (χ1n) is 13.6. The van der Waals surface area contributed by atoms with Crippen LogP contribution in [0.15, 0.2) is 127 Å². The molecule has 40 heavy (non-hydrogen) atoms. The van der Waals surface area contributed by atoms with Gasteiger partial charge >= 0.3 is 0 Å². The largest absolute Gasteiger partial charge is 0.340 e. The summed E-state index contributed by atoms with van der Waals surface area (Å²) in [5.41, 5.74) is 12.8. The summed E-state index contributed by atoms with van der Waals surface area (Å²) in [5.74, 6) is 0.521. The number of hydrogen-bond acceptors (Lipinski definition) is 2. The quantitative estimate of drug-likeness (QED) is 0.178. The van der Waals surface area contributed by atoms with E-state index in [-0.39, 0.29) is 5.41 Å². The maximum atomic E-state index is 9.47. The third-order valence-electron chi connectivity index (χ3n) is 9.01. The van der Waals surface area contributed by atoms with Gasteiger partial charge in [-0.15, -0.1) is 8.19 Å². The predicted molar refractivity (Wildman–Crippen MR) is 166 cm³/mol. The highest BCUT2D eigenvalue weighted by Gasteiger charge is 2.51. The molecule has 2 nitrogen and oxygen atoms in total. The third kappa shape index (κ3) is 2.68. The van der Waals surface area contributed by atoms with Crippen molar-refractivity contribution in [1.29, 1.82) is 0 Å². The minimum Gasteiger partial charge on any atom is -0.340 e. The third-order valence-corrected chi connectivity index (χ3v) is 10.4. The second kappa shape index (κ2) is 7.96. The van der Waals surface area contributed by atoms with Gasteiger partial charge in [0.15, 0.2) is 5.75 Å². The maximum Gasteiger partial charge on any atom is 0.173 e. The van der Waals surface area contributed by atoms with E-state index in [4.69, 9.17) is 4.89 Å². The fraction of sp³-hybridized carbons (Fsp3) is 0.0270. The van der Waals surface area contributed by atoms with E-state index in [1.807, 2.05) is 12.1 Å². The molecule has 0 saturated heterocycles. The monoisotopic (exact) mass is 530 g/mol. The molecular formula is C37H23O2P. The summed E-state index contributed by atoms with van der Waals surface area (Å²) in [5, 5.41) is 14.1. The average molecular weight is 531 g/mol. The molecule has 188 valence electrons. The van der Waals surface area contributed by atoms with Crippen molar-refractivity contribution in [2.75, 3.05) is 0 Å². The lowest BCUT2D eigenvalue weighted by Gasteiger charge is -2.30. The molecule has 9 rings (SSSR count). The SMILES string of the molecule is OOc1cccc2[pH]c3cc(-c4ccc5c(c4)C4(c6ccccc6-c6ccccc64)c4ccccc4-5)ccc3c12. The van der Waals surface area contributed by atoms with E-state index >= 15 is 0 Å². The topological polar surface area (TPSA) is 29.5 Å². The summed E-state index contributed by atoms with van der Waals surface area (Å²) in [6, 6.07) is 46.4. The van der Waals surface area contributed by atoms with E-state index < -0.39 is 0 Å². The molecule has 2 aliphatic rings. The molecule has 0 aliphatic heterocycles. The molecule has 1 spiro atoms. The summed E-state index contributed by atoms with van der Waals surface area (Å²) in [6.45, 7) is 0. The first kappa shape index (κ1) is 22.2. The zero-order valence-electron chi connectivity index (χ0n) is 21.5. The second-order valence-electron chi connectivity index (χ2n) is 10.8. The standard InChI is InChI=1S/C37H23O2P/c38-39-33-14-7-15-34-36(33)28-19-17-23(21-35(28)40-34)22-16-18-27-26-10-3-6-13-31(26)37(32(27)20-22)29-11-4-1-8-24(29)25-9-2-5-12-30(25)37/h1-21,38,40H. The minimum absolute atomic E-state index is 0.336. The van der Waals surface area contributed by atoms with Crippen molar-refractivity contribution in [3.8, 4) is 39.1 Å². The molecule has 0 saturated carbocycles. The van der Waals surface area contributed by atoms with Gasteiger partial charge in [0.05, 0.1) is 5.41 Å². The smallest absolute Gasteiger partial charge is 0.173 e. The van der Waals surface area contributed by atoms with Crippen LogP contribution in [0.4, 0.5) is 0 Å². The molecule has 3 heteroatoms. The van der Waals surface area contributed by atoms with Gasteiger partial charge in [0.2, 0.25) is 0 Å². The van der Waals surface area contributed by atoms with Crippen LogP contribution in [0.1, 0.15) is 22.3 Å². The fourth-order valence-electron chi connectivity index (χ4n) is 7.45. The van der Waals surface area contributed by atoms with Crippen LogP contribution in [-0.4, -0.2) is 5.26 Å². The van der Waals surface area contributed by atoms with E-state index in [0.29, 0.717) is 13.9 Å². The molecule has 1 heterocycles. The summed E-state index contributed by atoms with van der Waals surface area (Å²) < 4.78 is 0. The second-order valence-corrected chi connectivity index (χ2v) is 12.1. The molecule has 6 aromatic carbocycles. The molecular weight excluding hydrogens is 507 g/mol. The van der Waals surface area contributed by atoms with Crippen LogP contribution in [-0.2, 0) is 5.41 Å². The number of hydrogen-bond donors (Lipinski definition) is 1. The highest BCUT2D eigenvalue weighted by atomic mass is 31.0. The number of fused-ring (bicyclic) bond motifs is 13. The maximum absolute atomic E-state index is 9.47. The number of rotatable bonds is 2. The lowest BCUT2D eigenvalue weighted by atomic mass is 9.70. The fourth-order valence-corrected chi connectivity index (χ4v) is 8.88. The highest BCUT2D eigenvalue weighted by Crippen LogP contribution is 2.63. The number of benzene rings is 6. The van der Waals surface area contributed by atoms with Crippen LogP contribution in [0.2, 0.25) is 0 Å². The van der Waals surface area contributed by atoms with E-state index in [2.05, 4.69) is 115 Å². The Morgan fingerprint density at radius 3 is 1.73 bits per heavy atom. The van der Waals surface area contributed by atoms with E-state index in [1.54, 1.807) is 0 Å². The Hall–Kier alpha value is -4.62. The van der Waals surface area contributed by atoms with Crippen molar-refractivity contribution in [2.45, 2.75) is 5.41 Å². The Morgan fingerprint density at radius 2 is 1.07 bits per heavy atom. The predicted octanol–water partition coefficient (Wildman–Crippen LogP) is 9.89. The average Bonchev–Trinajstić information content (AvgIpc) is 3.64. The van der Waals surface area contributed by atoms with E-state index in [9.17, 15) is 5.26 Å². The van der Waals surface area contributed by atoms with Crippen molar-refractivity contribution >= 4 is 29.2 Å². The van der Waals surface area contributed by atoms with Gasteiger partial charge in [-0.1, -0.05) is 109 Å². The van der Waals surface area contributed by atoms with Crippen molar-refractivity contribution in [1.82, 2.24) is 0 Å². The molecule has 0 amide bonds. The molecule has 1 atom stereocenters. The molecule has 0 radical (unpaired) electrons. The van der Waals surface area contributed by atoms with Crippen molar-refractivity contribution in [3.05, 3.63) is 150 Å². The van der Waals surface area contributed by atoms with Gasteiger partial charge in [-0.3, -0.25) is 0 Å². The molecule has 1 aromatic heterocycles. The van der Waals surface area contributed by atoms with Crippen molar-refractivity contribution in [3.63, 3.8) is 0 Å². The van der Waals surface area contributed by atoms with Gasteiger partial charge < -0.3 is 4.89 Å². The first-order valence-corrected chi connectivity index (χ1v) is 14.6. The van der Waals surface area contributed by atoms with Gasteiger partial charge in [-0.05, 0) is 79.2 Å². The van der Waals surface area contributed by atoms with Gasteiger partial charge in [-0.25, -0.2) is 5.26 Å². The summed E-state index contributed by atoms with van der Waals surface area (Å²) >= 11 is 0. The molecule has 1 unspecified atom stereocenters. The molecule has 1 N–H and O–H groups in total. The lowest BCUT2D eigenvalue weighted by molar-refractivity contribution is -0.136. The van der Waals surface area contributed by atoms with Gasteiger partial charge in [0, 0.05) is 15.6 Å². The lowest BCUT2D eigenvalue weighted by Crippen LogP contribution is -2.25. The first-order chi connectivity index (χ1) is 19.8. The van der Waals surface area contributed by atoms with Crippen LogP contribution in [0.25, 0.3) is 54.4 Å². The minimum atomic E-state index is -0.336. The molecule has 0 fully saturated rings. The van der Waals surface area contributed by atoms with Crippen LogP contribution >= 0.6 is 8.19 Å². The summed E-state index contributed by atoms with van der Waals surface area (Å²) in [6.07, 6.45) is 0. The summed E-state index contributed by atoms with van der Waals surface area (Å²) in [7, 11) is 0.532. The summed E-state index contributed by atoms with van der Waals surface area (Å²) in [4.78, 5) is 4.73. The highest BCUT2D eigenvalue weighted by molar-refractivity contribution is 7.44. The van der Waals surface area contributed by atoms with Gasteiger partial charge in [-0.2, -0.15) is 0 Å². The van der Waals surface area contributed by atoms with Crippen LogP contribution < -0.4 is 4.89 Å². The molecule has 7 aromatic rings. The van der Waals surface area contributed by atoms with Crippen molar-refractivity contribution in [2.24, 2.45) is 0 Å². The Kier molecular flexibility index (Phi) is 4.42. The Labute approximate surface area is 233 Å². The Balaban J connectivity index is 1.32. The molecule has 2 aliphatic carbocycles. The normalized spacial score (nSPS) is 14.0. The zero-order chi connectivity index (χ0) is 26.4. The Bertz CT molecular complexity index is 2110. The zero-order valence-corrected chi connectivity index (χ0v) is 22.5. The molecule has 0 bridgehead atoms. The van der Waals surface area contributed by atoms with Gasteiger partial charge in [0.1, 0.15) is 0 Å². The van der Waals surface area contributed by atoms with Gasteiger partial charge in [0.25, 0.3) is 0 Å². The van der Waals surface area contributed by atoms with Crippen LogP contribution in [0, 0.1) is 0 Å². The Morgan fingerprint density at radius 1 is 0.500 bits per heavy atom. The van der Waals surface area contributed by atoms with Crippen molar-refractivity contribution < 1.29 is 10.1 Å². The van der Waals surface area contributed by atoms with Crippen LogP contribution in [0.3, 0.4) is 0 Å². The van der Waals surface area contributed by atoms with E-state index in [0.717, 1.165) is 10.8 Å².